The highest BCUT2D eigenvalue weighted by molar-refractivity contribution is 6.31. The lowest BCUT2D eigenvalue weighted by Gasteiger charge is -2.09. The van der Waals surface area contributed by atoms with E-state index < -0.39 is 0 Å². The molecule has 2 amide bonds. The highest BCUT2D eigenvalue weighted by atomic mass is 35.5. The van der Waals surface area contributed by atoms with E-state index in [1.54, 1.807) is 12.1 Å². The van der Waals surface area contributed by atoms with Crippen LogP contribution in [0.1, 0.15) is 12.5 Å². The number of benzene rings is 1. The third-order valence-corrected chi connectivity index (χ3v) is 2.67. The second-order valence-electron chi connectivity index (χ2n) is 4.17. The molecule has 0 aliphatic carbocycles. The normalized spacial score (nSPS) is 10.1. The third-order valence-electron chi connectivity index (χ3n) is 2.43. The minimum absolute atomic E-state index is 0.0826. The molecule has 5 nitrogen and oxygen atoms in total. The van der Waals surface area contributed by atoms with Crippen LogP contribution in [-0.4, -0.2) is 31.4 Å². The molecule has 104 valence electrons. The van der Waals surface area contributed by atoms with E-state index in [4.69, 9.17) is 11.6 Å². The number of anilines is 1. The van der Waals surface area contributed by atoms with Crippen molar-refractivity contribution in [1.29, 1.82) is 0 Å². The van der Waals surface area contributed by atoms with Gasteiger partial charge in [0.15, 0.2) is 0 Å². The van der Waals surface area contributed by atoms with Crippen LogP contribution >= 0.6 is 11.6 Å². The van der Waals surface area contributed by atoms with Gasteiger partial charge < -0.3 is 16.0 Å². The van der Waals surface area contributed by atoms with Gasteiger partial charge >= 0.3 is 0 Å². The summed E-state index contributed by atoms with van der Waals surface area (Å²) in [7, 11) is 0. The summed E-state index contributed by atoms with van der Waals surface area (Å²) in [6.07, 6.45) is 0. The van der Waals surface area contributed by atoms with Gasteiger partial charge in [0.2, 0.25) is 11.8 Å². The Morgan fingerprint density at radius 3 is 2.68 bits per heavy atom. The Balaban J connectivity index is 2.31. The molecule has 0 heterocycles. The van der Waals surface area contributed by atoms with Gasteiger partial charge in [0.25, 0.3) is 0 Å². The van der Waals surface area contributed by atoms with Crippen LogP contribution in [0.2, 0.25) is 5.02 Å². The molecule has 1 aromatic rings. The Labute approximate surface area is 117 Å². The molecule has 0 fully saturated rings. The molecular weight excluding hydrogens is 266 g/mol. The maximum atomic E-state index is 11.7. The summed E-state index contributed by atoms with van der Waals surface area (Å²) < 4.78 is 0. The second-order valence-corrected chi connectivity index (χ2v) is 4.60. The van der Waals surface area contributed by atoms with Gasteiger partial charge in [-0.3, -0.25) is 9.59 Å². The van der Waals surface area contributed by atoms with E-state index >= 15 is 0 Å². The zero-order valence-corrected chi connectivity index (χ0v) is 11.8. The lowest BCUT2D eigenvalue weighted by atomic mass is 10.2. The van der Waals surface area contributed by atoms with Crippen molar-refractivity contribution >= 4 is 29.1 Å². The van der Waals surface area contributed by atoms with Crippen molar-refractivity contribution in [3.05, 3.63) is 28.8 Å². The number of carbonyl (C=O) groups is 2. The first-order chi connectivity index (χ1) is 8.99. The van der Waals surface area contributed by atoms with Gasteiger partial charge in [0.05, 0.1) is 6.54 Å². The van der Waals surface area contributed by atoms with Gasteiger partial charge in [-0.2, -0.15) is 0 Å². The molecule has 0 aromatic heterocycles. The molecular formula is C13H18ClN3O2. The molecule has 0 unspecified atom stereocenters. The number of rotatable bonds is 6. The first-order valence-corrected chi connectivity index (χ1v) is 6.38. The van der Waals surface area contributed by atoms with Crippen molar-refractivity contribution in [2.75, 3.05) is 25.0 Å². The van der Waals surface area contributed by atoms with Crippen molar-refractivity contribution in [2.24, 2.45) is 0 Å². The van der Waals surface area contributed by atoms with Gasteiger partial charge in [0, 0.05) is 30.7 Å². The molecule has 0 aliphatic rings. The first-order valence-electron chi connectivity index (χ1n) is 6.00. The molecule has 0 aliphatic heterocycles. The van der Waals surface area contributed by atoms with Crippen LogP contribution in [-0.2, 0) is 9.59 Å². The van der Waals surface area contributed by atoms with Crippen LogP contribution in [0.4, 0.5) is 5.69 Å². The average molecular weight is 284 g/mol. The van der Waals surface area contributed by atoms with Crippen molar-refractivity contribution < 1.29 is 9.59 Å². The number of hydrogen-bond acceptors (Lipinski definition) is 3. The summed E-state index contributed by atoms with van der Waals surface area (Å²) in [6.45, 7) is 4.58. The molecule has 1 aromatic carbocycles. The van der Waals surface area contributed by atoms with Crippen LogP contribution in [0.5, 0.6) is 0 Å². The fourth-order valence-electron chi connectivity index (χ4n) is 1.45. The maximum absolute atomic E-state index is 11.7. The number of nitrogens with one attached hydrogen (secondary N) is 3. The summed E-state index contributed by atoms with van der Waals surface area (Å²) in [4.78, 5) is 22.3. The van der Waals surface area contributed by atoms with Crippen LogP contribution in [0, 0.1) is 6.92 Å². The minimum Gasteiger partial charge on any atom is -0.355 e. The van der Waals surface area contributed by atoms with Gasteiger partial charge in [-0.1, -0.05) is 17.7 Å². The number of amides is 2. The van der Waals surface area contributed by atoms with Crippen LogP contribution in [0.3, 0.4) is 0 Å². The standard InChI is InChI=1S/C13H18ClN3O2/c1-9-3-4-11(14)7-12(9)17-13(19)8-15-5-6-16-10(2)18/h3-4,7,15H,5-6,8H2,1-2H3,(H,16,18)(H,17,19). The average Bonchev–Trinajstić information content (AvgIpc) is 2.33. The fraction of sp³-hybridized carbons (Fsp3) is 0.385. The van der Waals surface area contributed by atoms with Crippen LogP contribution in [0.15, 0.2) is 18.2 Å². The zero-order chi connectivity index (χ0) is 14.3. The lowest BCUT2D eigenvalue weighted by molar-refractivity contribution is -0.118. The van der Waals surface area contributed by atoms with Crippen molar-refractivity contribution in [3.63, 3.8) is 0 Å². The number of carbonyl (C=O) groups excluding carboxylic acids is 2. The topological polar surface area (TPSA) is 70.2 Å². The van der Waals surface area contributed by atoms with Crippen LogP contribution < -0.4 is 16.0 Å². The fourth-order valence-corrected chi connectivity index (χ4v) is 1.62. The minimum atomic E-state index is -0.145. The number of aryl methyl sites for hydroxylation is 1. The molecule has 0 radical (unpaired) electrons. The predicted molar refractivity (Wildman–Crippen MR) is 76.4 cm³/mol. The molecule has 1 rings (SSSR count). The summed E-state index contributed by atoms with van der Waals surface area (Å²) >= 11 is 5.87. The predicted octanol–water partition coefficient (Wildman–Crippen LogP) is 1.31. The smallest absolute Gasteiger partial charge is 0.238 e. The van der Waals surface area contributed by atoms with Crippen LogP contribution in [0.25, 0.3) is 0 Å². The first kappa shape index (κ1) is 15.5. The summed E-state index contributed by atoms with van der Waals surface area (Å²) in [5.74, 6) is -0.228. The van der Waals surface area contributed by atoms with Gasteiger partial charge in [-0.05, 0) is 24.6 Å². The Morgan fingerprint density at radius 2 is 2.00 bits per heavy atom. The van der Waals surface area contributed by atoms with E-state index in [0.717, 1.165) is 5.56 Å². The van der Waals surface area contributed by atoms with E-state index in [2.05, 4.69) is 16.0 Å². The zero-order valence-electron chi connectivity index (χ0n) is 11.0. The van der Waals surface area contributed by atoms with Gasteiger partial charge in [-0.15, -0.1) is 0 Å². The molecule has 6 heteroatoms. The molecule has 0 spiro atoms. The van der Waals surface area contributed by atoms with E-state index in [1.165, 1.54) is 6.92 Å². The quantitative estimate of drug-likeness (QED) is 0.690. The van der Waals surface area contributed by atoms with E-state index in [0.29, 0.717) is 23.8 Å². The van der Waals surface area contributed by atoms with E-state index in [-0.39, 0.29) is 18.4 Å². The van der Waals surface area contributed by atoms with E-state index in [1.807, 2.05) is 13.0 Å². The maximum Gasteiger partial charge on any atom is 0.238 e. The van der Waals surface area contributed by atoms with Crippen molar-refractivity contribution in [2.45, 2.75) is 13.8 Å². The monoisotopic (exact) mass is 283 g/mol. The number of halogens is 1. The highest BCUT2D eigenvalue weighted by Gasteiger charge is 2.04. The molecule has 0 atom stereocenters. The Morgan fingerprint density at radius 1 is 1.26 bits per heavy atom. The molecule has 0 bridgehead atoms. The SMILES string of the molecule is CC(=O)NCCNCC(=O)Nc1cc(Cl)ccc1C. The molecule has 0 saturated carbocycles. The largest absolute Gasteiger partial charge is 0.355 e. The molecule has 3 N–H and O–H groups in total. The Bertz CT molecular complexity index is 463. The Hall–Kier alpha value is -1.59. The van der Waals surface area contributed by atoms with E-state index in [9.17, 15) is 9.59 Å². The Kier molecular flexibility index (Phi) is 6.32. The van der Waals surface area contributed by atoms with Gasteiger partial charge in [0.1, 0.15) is 0 Å². The molecule has 0 saturated heterocycles. The summed E-state index contributed by atoms with van der Waals surface area (Å²) in [5, 5.41) is 8.93. The van der Waals surface area contributed by atoms with Crippen molar-refractivity contribution in [3.8, 4) is 0 Å². The number of hydrogen-bond donors (Lipinski definition) is 3. The second kappa shape index (κ2) is 7.76. The van der Waals surface area contributed by atoms with Crippen molar-refractivity contribution in [1.82, 2.24) is 10.6 Å². The highest BCUT2D eigenvalue weighted by Crippen LogP contribution is 2.19. The van der Waals surface area contributed by atoms with Gasteiger partial charge in [-0.25, -0.2) is 0 Å². The summed E-state index contributed by atoms with van der Waals surface area (Å²) in [6, 6.07) is 5.34. The lowest BCUT2D eigenvalue weighted by Crippen LogP contribution is -2.34. The molecule has 19 heavy (non-hydrogen) atoms. The summed E-state index contributed by atoms with van der Waals surface area (Å²) in [5.41, 5.74) is 1.66. The third kappa shape index (κ3) is 6.22.